The van der Waals surface area contributed by atoms with E-state index in [1.54, 1.807) is 24.3 Å². The molecule has 0 aliphatic rings. The lowest BCUT2D eigenvalue weighted by Crippen LogP contribution is -2.22. The number of amides is 1. The van der Waals surface area contributed by atoms with Gasteiger partial charge in [0.15, 0.2) is 0 Å². The molecule has 0 radical (unpaired) electrons. The first-order chi connectivity index (χ1) is 18.9. The zero-order valence-corrected chi connectivity index (χ0v) is 22.8. The molecule has 0 aliphatic heterocycles. The van der Waals surface area contributed by atoms with Crippen molar-refractivity contribution < 1.29 is 4.79 Å². The first kappa shape index (κ1) is 26.0. The lowest BCUT2D eigenvalue weighted by atomic mass is 9.86. The van der Waals surface area contributed by atoms with E-state index in [0.717, 1.165) is 44.9 Å². The summed E-state index contributed by atoms with van der Waals surface area (Å²) in [5.74, 6) is 0.991. The third-order valence-electron chi connectivity index (χ3n) is 7.16. The molecule has 0 aliphatic carbocycles. The summed E-state index contributed by atoms with van der Waals surface area (Å²) in [5, 5.41) is 11.6. The molecular formula is C30H32N8O. The number of nitrogens with zero attached hydrogens (tertiary/aromatic N) is 6. The largest absolute Gasteiger partial charge is 0.370 e. The van der Waals surface area contributed by atoms with Crippen molar-refractivity contribution in [2.45, 2.75) is 33.6 Å². The summed E-state index contributed by atoms with van der Waals surface area (Å²) in [6.07, 6.45) is 6.98. The molecule has 5 aromatic rings. The van der Waals surface area contributed by atoms with E-state index in [4.69, 9.17) is 4.98 Å². The summed E-state index contributed by atoms with van der Waals surface area (Å²) in [6.45, 7) is 8.97. The van der Waals surface area contributed by atoms with Gasteiger partial charge in [-0.3, -0.25) is 14.8 Å². The van der Waals surface area contributed by atoms with Gasteiger partial charge < -0.3 is 10.6 Å². The molecule has 39 heavy (non-hydrogen) atoms. The summed E-state index contributed by atoms with van der Waals surface area (Å²) < 4.78 is 1.71. The number of anilines is 1. The lowest BCUT2D eigenvalue weighted by molar-refractivity contribution is 0.0964. The third kappa shape index (κ3) is 5.34. The second-order valence-corrected chi connectivity index (χ2v) is 9.87. The highest BCUT2D eigenvalue weighted by Crippen LogP contribution is 2.33. The number of aryl methyl sites for hydroxylation is 2. The molecule has 0 spiro atoms. The Labute approximate surface area is 227 Å². The fourth-order valence-corrected chi connectivity index (χ4v) is 4.67. The van der Waals surface area contributed by atoms with E-state index in [9.17, 15) is 4.79 Å². The summed E-state index contributed by atoms with van der Waals surface area (Å²) in [5.41, 5.74) is 6.72. The Morgan fingerprint density at radius 2 is 1.82 bits per heavy atom. The van der Waals surface area contributed by atoms with Gasteiger partial charge in [-0.25, -0.2) is 14.6 Å². The smallest absolute Gasteiger partial charge is 0.253 e. The van der Waals surface area contributed by atoms with Crippen LogP contribution in [-0.4, -0.2) is 49.2 Å². The van der Waals surface area contributed by atoms with Crippen LogP contribution < -0.4 is 10.6 Å². The Kier molecular flexibility index (Phi) is 7.31. The Balaban J connectivity index is 1.41. The summed E-state index contributed by atoms with van der Waals surface area (Å²) >= 11 is 0. The van der Waals surface area contributed by atoms with E-state index in [1.165, 1.54) is 0 Å². The number of carbonyl (C=O) groups is 1. The van der Waals surface area contributed by atoms with E-state index in [-0.39, 0.29) is 17.7 Å². The normalized spacial score (nSPS) is 12.7. The molecule has 4 heterocycles. The van der Waals surface area contributed by atoms with Gasteiger partial charge in [0, 0.05) is 48.7 Å². The predicted molar refractivity (Wildman–Crippen MR) is 153 cm³/mol. The molecule has 2 atom stereocenters. The molecule has 9 heteroatoms. The van der Waals surface area contributed by atoms with Gasteiger partial charge >= 0.3 is 0 Å². The number of benzene rings is 1. The highest BCUT2D eigenvalue weighted by atomic mass is 16.1. The molecule has 5 rings (SSSR count). The van der Waals surface area contributed by atoms with Gasteiger partial charge in [0.1, 0.15) is 12.1 Å². The molecule has 4 aromatic heterocycles. The standard InChI is InChI=1S/C30H32N8O/c1-18(14-33-27-13-25(35-17-36-27)22-10-9-19(2)32-15-22)21(4)23-7-6-8-24-28(30(39)31-5)26(16-34-29(23)24)38-12-11-20(3)37-38/h6-13,15-18,21H,14H2,1-5H3,(H,31,39)(H,33,35,36)/t18-,21?/m1/s1. The van der Waals surface area contributed by atoms with Crippen molar-refractivity contribution in [2.75, 3.05) is 18.9 Å². The molecule has 198 valence electrons. The van der Waals surface area contributed by atoms with Gasteiger partial charge in [0.25, 0.3) is 5.91 Å². The maximum Gasteiger partial charge on any atom is 0.253 e. The molecule has 0 bridgehead atoms. The number of carbonyl (C=O) groups excluding carboxylic acids is 1. The number of hydrogen-bond donors (Lipinski definition) is 2. The Morgan fingerprint density at radius 3 is 2.54 bits per heavy atom. The van der Waals surface area contributed by atoms with Gasteiger partial charge in [-0.15, -0.1) is 0 Å². The lowest BCUT2D eigenvalue weighted by Gasteiger charge is -2.23. The minimum atomic E-state index is -0.173. The second-order valence-electron chi connectivity index (χ2n) is 9.87. The van der Waals surface area contributed by atoms with Crippen molar-refractivity contribution in [3.63, 3.8) is 0 Å². The van der Waals surface area contributed by atoms with Gasteiger partial charge in [-0.05, 0) is 49.4 Å². The molecular weight excluding hydrogens is 488 g/mol. The summed E-state index contributed by atoms with van der Waals surface area (Å²) in [7, 11) is 1.64. The first-order valence-electron chi connectivity index (χ1n) is 13.0. The van der Waals surface area contributed by atoms with Crippen molar-refractivity contribution in [3.05, 3.63) is 89.9 Å². The average Bonchev–Trinajstić information content (AvgIpc) is 3.40. The average molecular weight is 521 g/mol. The van der Waals surface area contributed by atoms with Crippen LogP contribution in [0.1, 0.15) is 47.1 Å². The highest BCUT2D eigenvalue weighted by Gasteiger charge is 2.22. The maximum absolute atomic E-state index is 13.0. The van der Waals surface area contributed by atoms with Gasteiger partial charge in [0.2, 0.25) is 0 Å². The molecule has 0 fully saturated rings. The number of para-hydroxylation sites is 1. The van der Waals surface area contributed by atoms with E-state index in [1.807, 2.05) is 62.6 Å². The van der Waals surface area contributed by atoms with Crippen molar-refractivity contribution in [3.8, 4) is 16.9 Å². The summed E-state index contributed by atoms with van der Waals surface area (Å²) in [6, 6.07) is 13.9. The molecule has 9 nitrogen and oxygen atoms in total. The van der Waals surface area contributed by atoms with E-state index >= 15 is 0 Å². The number of hydrogen-bond acceptors (Lipinski definition) is 7. The van der Waals surface area contributed by atoms with Gasteiger partial charge in [-0.1, -0.05) is 32.0 Å². The molecule has 0 saturated heterocycles. The van der Waals surface area contributed by atoms with E-state index < -0.39 is 0 Å². The number of aromatic nitrogens is 6. The number of rotatable bonds is 8. The van der Waals surface area contributed by atoms with Crippen LogP contribution in [0.3, 0.4) is 0 Å². The quantitative estimate of drug-likeness (QED) is 0.293. The Bertz CT molecular complexity index is 1630. The van der Waals surface area contributed by atoms with Crippen LogP contribution in [0.4, 0.5) is 5.82 Å². The first-order valence-corrected chi connectivity index (χ1v) is 13.0. The number of nitrogens with one attached hydrogen (secondary N) is 2. The monoisotopic (exact) mass is 520 g/mol. The Morgan fingerprint density at radius 1 is 0.974 bits per heavy atom. The summed E-state index contributed by atoms with van der Waals surface area (Å²) in [4.78, 5) is 31.1. The van der Waals surface area contributed by atoms with Crippen LogP contribution in [0.5, 0.6) is 0 Å². The van der Waals surface area contributed by atoms with Crippen molar-refractivity contribution >= 4 is 22.6 Å². The minimum absolute atomic E-state index is 0.159. The van der Waals surface area contributed by atoms with Crippen LogP contribution in [-0.2, 0) is 0 Å². The molecule has 0 saturated carbocycles. The second kappa shape index (κ2) is 11.0. The van der Waals surface area contributed by atoms with Crippen LogP contribution >= 0.6 is 0 Å². The zero-order chi connectivity index (χ0) is 27.5. The highest BCUT2D eigenvalue weighted by molar-refractivity contribution is 6.09. The van der Waals surface area contributed by atoms with E-state index in [2.05, 4.69) is 50.6 Å². The van der Waals surface area contributed by atoms with Crippen LogP contribution in [0, 0.1) is 19.8 Å². The van der Waals surface area contributed by atoms with Crippen LogP contribution in [0.25, 0.3) is 27.8 Å². The van der Waals surface area contributed by atoms with Crippen LogP contribution in [0.15, 0.2) is 67.4 Å². The number of pyridine rings is 2. The predicted octanol–water partition coefficient (Wildman–Crippen LogP) is 5.10. The third-order valence-corrected chi connectivity index (χ3v) is 7.16. The van der Waals surface area contributed by atoms with Crippen molar-refractivity contribution in [1.29, 1.82) is 0 Å². The molecule has 1 unspecified atom stereocenters. The van der Waals surface area contributed by atoms with Crippen LogP contribution in [0.2, 0.25) is 0 Å². The topological polar surface area (TPSA) is 111 Å². The van der Waals surface area contributed by atoms with Crippen molar-refractivity contribution in [1.82, 2.24) is 35.0 Å². The molecule has 2 N–H and O–H groups in total. The zero-order valence-electron chi connectivity index (χ0n) is 22.8. The molecule has 1 aromatic carbocycles. The maximum atomic E-state index is 13.0. The Hall–Kier alpha value is -4.66. The minimum Gasteiger partial charge on any atom is -0.370 e. The molecule has 1 amide bonds. The number of fused-ring (bicyclic) bond motifs is 1. The SMILES string of the molecule is CNC(=O)c1c(-n2ccc(C)n2)cnc2c(C(C)[C@H](C)CNc3cc(-c4ccc(C)nc4)ncn3)cccc12. The van der Waals surface area contributed by atoms with Gasteiger partial charge in [-0.2, -0.15) is 5.10 Å². The van der Waals surface area contributed by atoms with Gasteiger partial charge in [0.05, 0.1) is 34.4 Å². The van der Waals surface area contributed by atoms with E-state index in [0.29, 0.717) is 17.8 Å². The fourth-order valence-electron chi connectivity index (χ4n) is 4.67. The van der Waals surface area contributed by atoms with Crippen molar-refractivity contribution in [2.24, 2.45) is 5.92 Å². The fraction of sp³-hybridized carbons (Fsp3) is 0.267.